The van der Waals surface area contributed by atoms with Crippen molar-refractivity contribution in [2.45, 2.75) is 6.18 Å². The maximum atomic E-state index is 12.5. The summed E-state index contributed by atoms with van der Waals surface area (Å²) in [5, 5.41) is 4.64. The molecule has 0 atom stereocenters. The maximum absolute atomic E-state index is 12.5. The highest BCUT2D eigenvalue weighted by Crippen LogP contribution is 2.31. The summed E-state index contributed by atoms with van der Waals surface area (Å²) in [6, 6.07) is 6.34. The van der Waals surface area contributed by atoms with E-state index < -0.39 is 11.7 Å². The highest BCUT2D eigenvalue weighted by Gasteiger charge is 2.30. The van der Waals surface area contributed by atoms with E-state index in [1.165, 1.54) is 16.6 Å². The highest BCUT2D eigenvalue weighted by atomic mass is 35.5. The molecule has 3 aromatic rings. The summed E-state index contributed by atoms with van der Waals surface area (Å²) in [6.45, 7) is 0. The fourth-order valence-corrected chi connectivity index (χ4v) is 2.09. The second-order valence-corrected chi connectivity index (χ2v) is 4.56. The Bertz CT molecular complexity index is 763. The van der Waals surface area contributed by atoms with Gasteiger partial charge in [-0.2, -0.15) is 18.3 Å². The van der Waals surface area contributed by atoms with Gasteiger partial charge in [-0.1, -0.05) is 23.7 Å². The van der Waals surface area contributed by atoms with E-state index in [1.54, 1.807) is 18.5 Å². The number of halogens is 4. The summed E-state index contributed by atoms with van der Waals surface area (Å²) >= 11 is 6.05. The number of aromatic nitrogens is 3. The van der Waals surface area contributed by atoms with Crippen molar-refractivity contribution < 1.29 is 13.2 Å². The van der Waals surface area contributed by atoms with Crippen molar-refractivity contribution in [1.29, 1.82) is 0 Å². The molecule has 0 aliphatic rings. The zero-order valence-electron chi connectivity index (χ0n) is 9.89. The number of hydrogen-bond acceptors (Lipinski definition) is 2. The molecule has 7 heteroatoms. The van der Waals surface area contributed by atoms with Crippen LogP contribution >= 0.6 is 11.6 Å². The van der Waals surface area contributed by atoms with Crippen LogP contribution in [0.5, 0.6) is 0 Å². The molecule has 102 valence electrons. The second kappa shape index (κ2) is 4.49. The van der Waals surface area contributed by atoms with Gasteiger partial charge >= 0.3 is 6.18 Å². The van der Waals surface area contributed by atoms with Crippen LogP contribution in [0, 0.1) is 0 Å². The highest BCUT2D eigenvalue weighted by molar-refractivity contribution is 6.33. The quantitative estimate of drug-likeness (QED) is 0.678. The van der Waals surface area contributed by atoms with Crippen LogP contribution in [0.15, 0.2) is 42.7 Å². The van der Waals surface area contributed by atoms with Gasteiger partial charge in [0.15, 0.2) is 5.65 Å². The number of hydrogen-bond donors (Lipinski definition) is 0. The minimum atomic E-state index is -4.35. The first kappa shape index (κ1) is 12.9. The molecule has 0 N–H and O–H groups in total. The number of rotatable bonds is 1. The lowest BCUT2D eigenvalue weighted by molar-refractivity contribution is -0.137. The molecule has 0 radical (unpaired) electrons. The van der Waals surface area contributed by atoms with Gasteiger partial charge in [-0.05, 0) is 18.2 Å². The molecule has 0 aliphatic heterocycles. The molecular formula is C13H7ClF3N3. The SMILES string of the molecule is FC(F)(F)c1ccc(-c2cc(Cl)c3nccn3n2)cc1. The van der Waals surface area contributed by atoms with Crippen LogP contribution < -0.4 is 0 Å². The first-order valence-corrected chi connectivity index (χ1v) is 6.00. The van der Waals surface area contributed by atoms with E-state index in [4.69, 9.17) is 11.6 Å². The van der Waals surface area contributed by atoms with Crippen molar-refractivity contribution in [3.8, 4) is 11.3 Å². The third kappa shape index (κ3) is 2.22. The Balaban J connectivity index is 2.06. The number of nitrogens with zero attached hydrogens (tertiary/aromatic N) is 3. The monoisotopic (exact) mass is 297 g/mol. The van der Waals surface area contributed by atoms with E-state index in [0.717, 1.165) is 12.1 Å². The number of imidazole rings is 1. The third-order valence-electron chi connectivity index (χ3n) is 2.82. The average molecular weight is 298 g/mol. The minimum absolute atomic E-state index is 0.389. The first-order chi connectivity index (χ1) is 9.45. The van der Waals surface area contributed by atoms with Crippen LogP contribution in [-0.4, -0.2) is 14.6 Å². The van der Waals surface area contributed by atoms with Crippen LogP contribution in [0.25, 0.3) is 16.9 Å². The van der Waals surface area contributed by atoms with Crippen LogP contribution in [0.4, 0.5) is 13.2 Å². The van der Waals surface area contributed by atoms with Crippen LogP contribution in [0.1, 0.15) is 5.56 Å². The molecule has 0 amide bonds. The Hall–Kier alpha value is -2.08. The molecule has 0 fully saturated rings. The van der Waals surface area contributed by atoms with Crippen LogP contribution in [0.3, 0.4) is 0 Å². The van der Waals surface area contributed by atoms with Crippen LogP contribution in [-0.2, 0) is 6.18 Å². The van der Waals surface area contributed by atoms with Gasteiger partial charge in [-0.25, -0.2) is 9.50 Å². The van der Waals surface area contributed by atoms with Crippen molar-refractivity contribution >= 4 is 17.2 Å². The zero-order chi connectivity index (χ0) is 14.3. The molecule has 0 unspecified atom stereocenters. The molecule has 0 saturated carbocycles. The van der Waals surface area contributed by atoms with E-state index in [9.17, 15) is 13.2 Å². The number of fused-ring (bicyclic) bond motifs is 1. The lowest BCUT2D eigenvalue weighted by Gasteiger charge is -2.08. The summed E-state index contributed by atoms with van der Waals surface area (Å²) < 4.78 is 39.0. The largest absolute Gasteiger partial charge is 0.416 e. The smallest absolute Gasteiger partial charge is 0.234 e. The van der Waals surface area contributed by atoms with E-state index in [2.05, 4.69) is 10.1 Å². The van der Waals surface area contributed by atoms with Gasteiger partial charge in [0.2, 0.25) is 0 Å². The predicted octanol–water partition coefficient (Wildman–Crippen LogP) is 4.07. The Labute approximate surface area is 116 Å². The lowest BCUT2D eigenvalue weighted by Crippen LogP contribution is -2.04. The molecule has 3 rings (SSSR count). The molecule has 2 aromatic heterocycles. The fourth-order valence-electron chi connectivity index (χ4n) is 1.85. The molecule has 0 aliphatic carbocycles. The Morgan fingerprint density at radius 3 is 2.45 bits per heavy atom. The van der Waals surface area contributed by atoms with Gasteiger partial charge in [-0.15, -0.1) is 0 Å². The molecule has 20 heavy (non-hydrogen) atoms. The Kier molecular flexibility index (Phi) is 2.90. The summed E-state index contributed by atoms with van der Waals surface area (Å²) in [6.07, 6.45) is -1.18. The maximum Gasteiger partial charge on any atom is 0.416 e. The van der Waals surface area contributed by atoms with Crippen molar-refractivity contribution in [2.24, 2.45) is 0 Å². The molecule has 0 saturated heterocycles. The molecular weight excluding hydrogens is 291 g/mol. The summed E-state index contributed by atoms with van der Waals surface area (Å²) in [4.78, 5) is 4.02. The standard InChI is InChI=1S/C13H7ClF3N3/c14-10-7-11(19-20-6-5-18-12(10)20)8-1-3-9(4-2-8)13(15,16)17/h1-7H. The van der Waals surface area contributed by atoms with Gasteiger partial charge in [-0.3, -0.25) is 0 Å². The summed E-state index contributed by atoms with van der Waals surface area (Å²) in [7, 11) is 0. The van der Waals surface area contributed by atoms with Gasteiger partial charge in [0.1, 0.15) is 0 Å². The second-order valence-electron chi connectivity index (χ2n) is 4.15. The van der Waals surface area contributed by atoms with Gasteiger partial charge in [0.05, 0.1) is 16.3 Å². The molecule has 0 bridgehead atoms. The number of benzene rings is 1. The van der Waals surface area contributed by atoms with Gasteiger partial charge < -0.3 is 0 Å². The average Bonchev–Trinajstić information content (AvgIpc) is 2.86. The predicted molar refractivity (Wildman–Crippen MR) is 68.4 cm³/mol. The summed E-state index contributed by atoms with van der Waals surface area (Å²) in [5.74, 6) is 0. The molecule has 2 heterocycles. The molecule has 1 aromatic carbocycles. The minimum Gasteiger partial charge on any atom is -0.234 e. The Morgan fingerprint density at radius 1 is 1.10 bits per heavy atom. The van der Waals surface area contributed by atoms with Gasteiger partial charge in [0.25, 0.3) is 0 Å². The molecule has 0 spiro atoms. The van der Waals surface area contributed by atoms with Crippen LogP contribution in [0.2, 0.25) is 5.02 Å². The van der Waals surface area contributed by atoms with Crippen molar-refractivity contribution in [2.75, 3.05) is 0 Å². The Morgan fingerprint density at radius 2 is 1.80 bits per heavy atom. The van der Waals surface area contributed by atoms with E-state index in [1.807, 2.05) is 0 Å². The lowest BCUT2D eigenvalue weighted by atomic mass is 10.1. The zero-order valence-corrected chi connectivity index (χ0v) is 10.7. The summed E-state index contributed by atoms with van der Waals surface area (Å²) in [5.41, 5.74) is 0.836. The van der Waals surface area contributed by atoms with Crippen molar-refractivity contribution in [3.05, 3.63) is 53.3 Å². The topological polar surface area (TPSA) is 30.2 Å². The number of alkyl halides is 3. The molecule has 3 nitrogen and oxygen atoms in total. The van der Waals surface area contributed by atoms with E-state index in [0.29, 0.717) is 21.9 Å². The van der Waals surface area contributed by atoms with Crippen molar-refractivity contribution in [1.82, 2.24) is 14.6 Å². The van der Waals surface area contributed by atoms with Gasteiger partial charge in [0, 0.05) is 18.0 Å². The first-order valence-electron chi connectivity index (χ1n) is 5.63. The normalized spacial score (nSPS) is 12.0. The van der Waals surface area contributed by atoms with E-state index in [-0.39, 0.29) is 0 Å². The van der Waals surface area contributed by atoms with E-state index >= 15 is 0 Å². The third-order valence-corrected chi connectivity index (χ3v) is 3.10. The van der Waals surface area contributed by atoms with Crippen molar-refractivity contribution in [3.63, 3.8) is 0 Å². The fraction of sp³-hybridized carbons (Fsp3) is 0.0769.